The molecule has 1 unspecified atom stereocenters. The van der Waals surface area contributed by atoms with Crippen molar-refractivity contribution in [2.24, 2.45) is 4.99 Å². The van der Waals surface area contributed by atoms with Gasteiger partial charge in [0.1, 0.15) is 11.9 Å². The Bertz CT molecular complexity index is 473. The lowest BCUT2D eigenvalue weighted by Gasteiger charge is -2.26. The van der Waals surface area contributed by atoms with Gasteiger partial charge < -0.3 is 5.11 Å². The fourth-order valence-electron chi connectivity index (χ4n) is 1.90. The van der Waals surface area contributed by atoms with Crippen LogP contribution in [0.5, 0.6) is 0 Å². The number of aryl methyl sites for hydroxylation is 1. The molecule has 1 atom stereocenters. The first-order valence-corrected chi connectivity index (χ1v) is 5.25. The average molecular weight is 215 g/mol. The van der Waals surface area contributed by atoms with Crippen molar-refractivity contribution < 1.29 is 5.11 Å². The number of nitrogens with zero attached hydrogens (tertiary/aromatic N) is 2. The van der Waals surface area contributed by atoms with Gasteiger partial charge in [0.2, 0.25) is 0 Å². The molecule has 83 valence electrons. The van der Waals surface area contributed by atoms with Crippen molar-refractivity contribution in [3.8, 4) is 0 Å². The van der Waals surface area contributed by atoms with Gasteiger partial charge in [-0.25, -0.2) is 10.3 Å². The van der Waals surface area contributed by atoms with E-state index in [1.165, 1.54) is 6.34 Å². The highest BCUT2D eigenvalue weighted by Crippen LogP contribution is 2.32. The van der Waals surface area contributed by atoms with Crippen molar-refractivity contribution in [1.82, 2.24) is 5.32 Å². The summed E-state index contributed by atoms with van der Waals surface area (Å²) in [4.78, 5) is 3.89. The van der Waals surface area contributed by atoms with Crippen LogP contribution in [0.2, 0.25) is 0 Å². The molecule has 1 aromatic rings. The first-order valence-electron chi connectivity index (χ1n) is 5.25. The Kier molecular flexibility index (Phi) is 2.56. The Labute approximate surface area is 95.5 Å². The number of hydrogen-bond donors (Lipinski definition) is 1. The van der Waals surface area contributed by atoms with Gasteiger partial charge >= 0.3 is 0 Å². The van der Waals surface area contributed by atoms with Crippen LogP contribution in [0.3, 0.4) is 0 Å². The molecule has 1 radical (unpaired) electrons. The molecule has 0 saturated heterocycles. The Hall–Kier alpha value is -1.61. The summed E-state index contributed by atoms with van der Waals surface area (Å²) in [5.41, 5.74) is 2.65. The van der Waals surface area contributed by atoms with Crippen LogP contribution in [0.15, 0.2) is 35.1 Å². The lowest BCUT2D eigenvalue weighted by Crippen LogP contribution is -2.28. The van der Waals surface area contributed by atoms with E-state index < -0.39 is 5.60 Å². The van der Waals surface area contributed by atoms with Crippen molar-refractivity contribution in [2.75, 3.05) is 0 Å². The summed E-state index contributed by atoms with van der Waals surface area (Å²) >= 11 is 0. The van der Waals surface area contributed by atoms with Gasteiger partial charge in [-0.3, -0.25) is 0 Å². The molecule has 2 rings (SSSR count). The van der Waals surface area contributed by atoms with Gasteiger partial charge in [0.15, 0.2) is 0 Å². The van der Waals surface area contributed by atoms with Crippen molar-refractivity contribution in [3.05, 3.63) is 46.8 Å². The Morgan fingerprint density at radius 2 is 2.00 bits per heavy atom. The molecule has 1 aliphatic heterocycles. The van der Waals surface area contributed by atoms with Gasteiger partial charge in [-0.1, -0.05) is 18.2 Å². The van der Waals surface area contributed by atoms with E-state index >= 15 is 0 Å². The number of hydrogen-bond acceptors (Lipinski definition) is 2. The molecule has 0 bridgehead atoms. The molecule has 0 fully saturated rings. The Morgan fingerprint density at radius 3 is 2.62 bits per heavy atom. The molecule has 3 heteroatoms. The quantitative estimate of drug-likeness (QED) is 0.805. The zero-order valence-electron chi connectivity index (χ0n) is 9.73. The van der Waals surface area contributed by atoms with Gasteiger partial charge in [-0.05, 0) is 37.5 Å². The normalized spacial score (nSPS) is 17.9. The maximum Gasteiger partial charge on any atom is 0.130 e. The smallest absolute Gasteiger partial charge is 0.130 e. The third-order valence-corrected chi connectivity index (χ3v) is 3.09. The molecule has 1 aromatic carbocycles. The highest BCUT2D eigenvalue weighted by atomic mass is 16.3. The average Bonchev–Trinajstić information content (AvgIpc) is 2.75. The molecule has 0 saturated carbocycles. The summed E-state index contributed by atoms with van der Waals surface area (Å²) in [5.74, 6) is 0. The number of aliphatic imine (C=N–C) groups is 1. The summed E-state index contributed by atoms with van der Waals surface area (Å²) in [6.07, 6.45) is 3.05. The maximum atomic E-state index is 10.5. The second kappa shape index (κ2) is 3.76. The molecule has 0 amide bonds. The highest BCUT2D eigenvalue weighted by Gasteiger charge is 2.32. The third-order valence-electron chi connectivity index (χ3n) is 3.09. The van der Waals surface area contributed by atoms with Gasteiger partial charge in [0.05, 0.1) is 11.9 Å². The van der Waals surface area contributed by atoms with Crippen LogP contribution in [0.1, 0.15) is 23.6 Å². The first kappa shape index (κ1) is 10.9. The summed E-state index contributed by atoms with van der Waals surface area (Å²) in [6, 6.07) is 5.91. The van der Waals surface area contributed by atoms with Crippen LogP contribution in [0.25, 0.3) is 0 Å². The first-order chi connectivity index (χ1) is 7.53. The minimum Gasteiger partial charge on any atom is -0.379 e. The van der Waals surface area contributed by atoms with Crippen LogP contribution in [0.4, 0.5) is 0 Å². The molecule has 1 N–H and O–H groups in total. The molecule has 0 spiro atoms. The zero-order chi connectivity index (χ0) is 11.8. The van der Waals surface area contributed by atoms with E-state index in [0.717, 1.165) is 16.7 Å². The molecule has 3 nitrogen and oxygen atoms in total. The van der Waals surface area contributed by atoms with E-state index in [1.54, 1.807) is 13.1 Å². The van der Waals surface area contributed by atoms with Crippen molar-refractivity contribution in [1.29, 1.82) is 0 Å². The summed E-state index contributed by atoms with van der Waals surface area (Å²) in [5, 5.41) is 14.6. The molecule has 0 aromatic heterocycles. The van der Waals surface area contributed by atoms with E-state index in [4.69, 9.17) is 0 Å². The molecule has 0 aliphatic carbocycles. The highest BCUT2D eigenvalue weighted by molar-refractivity contribution is 5.63. The maximum absolute atomic E-state index is 10.5. The van der Waals surface area contributed by atoms with E-state index in [-0.39, 0.29) is 0 Å². The van der Waals surface area contributed by atoms with Crippen LogP contribution in [-0.2, 0) is 5.60 Å². The molecule has 1 aliphatic rings. The fourth-order valence-corrected chi connectivity index (χ4v) is 1.90. The summed E-state index contributed by atoms with van der Waals surface area (Å²) < 4.78 is 0. The predicted octanol–water partition coefficient (Wildman–Crippen LogP) is 2.00. The third kappa shape index (κ3) is 1.63. The van der Waals surface area contributed by atoms with Gasteiger partial charge in [-0.15, -0.1) is 0 Å². The molecular weight excluding hydrogens is 200 g/mol. The van der Waals surface area contributed by atoms with Crippen LogP contribution in [-0.4, -0.2) is 11.4 Å². The SMILES string of the molecule is Cc1cccc(C(C)(O)C2=CN=C[N]2)c1C. The Balaban J connectivity index is 2.47. The summed E-state index contributed by atoms with van der Waals surface area (Å²) in [6.45, 7) is 5.79. The van der Waals surface area contributed by atoms with Crippen molar-refractivity contribution in [3.63, 3.8) is 0 Å². The standard InChI is InChI=1S/C13H15N2O/c1-9-5-4-6-11(10(9)2)13(3,16)12-7-14-8-15-12/h4-8,16H,1-3H3. The lowest BCUT2D eigenvalue weighted by molar-refractivity contribution is 0.0920. The lowest BCUT2D eigenvalue weighted by atomic mass is 9.87. The number of rotatable bonds is 2. The van der Waals surface area contributed by atoms with E-state index in [9.17, 15) is 5.11 Å². The predicted molar refractivity (Wildman–Crippen MR) is 64.2 cm³/mol. The van der Waals surface area contributed by atoms with Crippen LogP contribution >= 0.6 is 0 Å². The van der Waals surface area contributed by atoms with E-state index in [0.29, 0.717) is 5.70 Å². The minimum atomic E-state index is -1.08. The van der Waals surface area contributed by atoms with Crippen molar-refractivity contribution in [2.45, 2.75) is 26.4 Å². The number of aliphatic hydroxyl groups is 1. The monoisotopic (exact) mass is 215 g/mol. The fraction of sp³-hybridized carbons (Fsp3) is 0.308. The minimum absolute atomic E-state index is 0.584. The van der Waals surface area contributed by atoms with Crippen molar-refractivity contribution >= 4 is 6.34 Å². The zero-order valence-corrected chi connectivity index (χ0v) is 9.73. The largest absolute Gasteiger partial charge is 0.379 e. The van der Waals surface area contributed by atoms with Gasteiger partial charge in [-0.2, -0.15) is 0 Å². The Morgan fingerprint density at radius 1 is 1.25 bits per heavy atom. The number of benzene rings is 1. The van der Waals surface area contributed by atoms with Gasteiger partial charge in [0, 0.05) is 0 Å². The second-order valence-corrected chi connectivity index (χ2v) is 4.23. The van der Waals surface area contributed by atoms with Crippen LogP contribution in [0, 0.1) is 13.8 Å². The van der Waals surface area contributed by atoms with E-state index in [1.807, 2.05) is 32.0 Å². The molecule has 16 heavy (non-hydrogen) atoms. The van der Waals surface area contributed by atoms with E-state index in [2.05, 4.69) is 10.3 Å². The molecule has 1 heterocycles. The summed E-state index contributed by atoms with van der Waals surface area (Å²) in [7, 11) is 0. The van der Waals surface area contributed by atoms with Crippen LogP contribution < -0.4 is 5.32 Å². The second-order valence-electron chi connectivity index (χ2n) is 4.23. The topological polar surface area (TPSA) is 46.7 Å². The van der Waals surface area contributed by atoms with Gasteiger partial charge in [0.25, 0.3) is 0 Å². The molecular formula is C13H15N2O.